The summed E-state index contributed by atoms with van der Waals surface area (Å²) in [7, 11) is 1.38. The Kier molecular flexibility index (Phi) is 5.57. The standard InChI is InChI=1S/C17H17N3O2/c1-22-16(21)11-10-13-6-5-9-15(12-13)17(19-20-18)14-7-3-2-4-8-14/h2-9,12,17H,10-11H2,1H3. The Morgan fingerprint density at radius 2 is 1.91 bits per heavy atom. The van der Waals surface area contributed by atoms with Gasteiger partial charge in [-0.3, -0.25) is 4.79 Å². The Hall–Kier alpha value is -2.78. The highest BCUT2D eigenvalue weighted by Crippen LogP contribution is 2.27. The number of carbonyl (C=O) groups is 1. The van der Waals surface area contributed by atoms with Crippen LogP contribution in [0.3, 0.4) is 0 Å². The summed E-state index contributed by atoms with van der Waals surface area (Å²) in [5, 5.41) is 3.91. The second-order valence-corrected chi connectivity index (χ2v) is 4.84. The van der Waals surface area contributed by atoms with Gasteiger partial charge in [0, 0.05) is 11.3 Å². The quantitative estimate of drug-likeness (QED) is 0.347. The average molecular weight is 295 g/mol. The molecule has 0 heterocycles. The Balaban J connectivity index is 2.25. The fraction of sp³-hybridized carbons (Fsp3) is 0.235. The van der Waals surface area contributed by atoms with E-state index >= 15 is 0 Å². The van der Waals surface area contributed by atoms with Crippen LogP contribution >= 0.6 is 0 Å². The summed E-state index contributed by atoms with van der Waals surface area (Å²) >= 11 is 0. The molecule has 2 rings (SSSR count). The number of aryl methyl sites for hydroxylation is 1. The van der Waals surface area contributed by atoms with Gasteiger partial charge in [-0.15, -0.1) is 0 Å². The lowest BCUT2D eigenvalue weighted by molar-refractivity contribution is -0.140. The molecule has 0 N–H and O–H groups in total. The molecule has 0 amide bonds. The first-order chi connectivity index (χ1) is 10.7. The molecule has 0 aliphatic heterocycles. The number of methoxy groups -OCH3 is 1. The molecule has 0 aliphatic carbocycles. The number of nitrogens with zero attached hydrogens (tertiary/aromatic N) is 3. The van der Waals surface area contributed by atoms with Crippen LogP contribution in [0.1, 0.15) is 29.2 Å². The van der Waals surface area contributed by atoms with Gasteiger partial charge in [-0.1, -0.05) is 59.7 Å². The molecule has 112 valence electrons. The topological polar surface area (TPSA) is 75.1 Å². The van der Waals surface area contributed by atoms with E-state index in [0.717, 1.165) is 16.7 Å². The third-order valence-electron chi connectivity index (χ3n) is 3.39. The van der Waals surface area contributed by atoms with Crippen LogP contribution in [0.2, 0.25) is 0 Å². The summed E-state index contributed by atoms with van der Waals surface area (Å²) in [6.07, 6.45) is 0.926. The largest absolute Gasteiger partial charge is 0.469 e. The maximum atomic E-state index is 11.2. The molecule has 0 saturated heterocycles. The minimum atomic E-state index is -0.371. The summed E-state index contributed by atoms with van der Waals surface area (Å²) < 4.78 is 4.65. The first kappa shape index (κ1) is 15.6. The molecule has 0 fully saturated rings. The Labute approximate surface area is 129 Å². The molecular weight excluding hydrogens is 278 g/mol. The molecule has 0 radical (unpaired) electrons. The van der Waals surface area contributed by atoms with Gasteiger partial charge in [0.1, 0.15) is 0 Å². The third kappa shape index (κ3) is 4.11. The molecule has 1 atom stereocenters. The summed E-state index contributed by atoms with van der Waals surface area (Å²) in [6.45, 7) is 0. The van der Waals surface area contributed by atoms with Crippen LogP contribution in [0.25, 0.3) is 10.4 Å². The predicted octanol–water partition coefficient (Wildman–Crippen LogP) is 4.19. The number of rotatable bonds is 6. The van der Waals surface area contributed by atoms with E-state index in [1.165, 1.54) is 7.11 Å². The Bertz CT molecular complexity index is 679. The number of carbonyl (C=O) groups excluding carboxylic acids is 1. The van der Waals surface area contributed by atoms with Gasteiger partial charge in [0.05, 0.1) is 13.2 Å². The van der Waals surface area contributed by atoms with Crippen molar-refractivity contribution < 1.29 is 9.53 Å². The van der Waals surface area contributed by atoms with Crippen molar-refractivity contribution in [1.82, 2.24) is 0 Å². The van der Waals surface area contributed by atoms with Crippen molar-refractivity contribution >= 4 is 5.97 Å². The minimum Gasteiger partial charge on any atom is -0.469 e. The SMILES string of the molecule is COC(=O)CCc1cccc(C(N=[N+]=[N-])c2ccccc2)c1. The van der Waals surface area contributed by atoms with Crippen molar-refractivity contribution in [1.29, 1.82) is 0 Å². The first-order valence-corrected chi connectivity index (χ1v) is 6.99. The molecule has 22 heavy (non-hydrogen) atoms. The van der Waals surface area contributed by atoms with E-state index < -0.39 is 0 Å². The van der Waals surface area contributed by atoms with Crippen molar-refractivity contribution in [2.24, 2.45) is 5.11 Å². The van der Waals surface area contributed by atoms with Crippen LogP contribution in [0.5, 0.6) is 0 Å². The molecule has 1 unspecified atom stereocenters. The molecule has 5 heteroatoms. The molecule has 0 saturated carbocycles. The van der Waals surface area contributed by atoms with Crippen LogP contribution in [-0.2, 0) is 16.0 Å². The Morgan fingerprint density at radius 3 is 2.59 bits per heavy atom. The highest BCUT2D eigenvalue weighted by Gasteiger charge is 2.12. The van der Waals surface area contributed by atoms with E-state index in [4.69, 9.17) is 5.53 Å². The minimum absolute atomic E-state index is 0.236. The third-order valence-corrected chi connectivity index (χ3v) is 3.39. The van der Waals surface area contributed by atoms with Crippen LogP contribution in [-0.4, -0.2) is 13.1 Å². The normalized spacial score (nSPS) is 11.3. The van der Waals surface area contributed by atoms with Crippen LogP contribution in [0, 0.1) is 0 Å². The summed E-state index contributed by atoms with van der Waals surface area (Å²) in [4.78, 5) is 14.2. The van der Waals surface area contributed by atoms with E-state index in [2.05, 4.69) is 14.8 Å². The first-order valence-electron chi connectivity index (χ1n) is 6.99. The monoisotopic (exact) mass is 295 g/mol. The van der Waals surface area contributed by atoms with E-state index in [1.807, 2.05) is 54.6 Å². The summed E-state index contributed by atoms with van der Waals surface area (Å²) in [5.41, 5.74) is 11.7. The fourth-order valence-corrected chi connectivity index (χ4v) is 2.28. The molecule has 0 spiro atoms. The van der Waals surface area contributed by atoms with E-state index in [0.29, 0.717) is 12.8 Å². The molecular formula is C17H17N3O2. The second-order valence-electron chi connectivity index (χ2n) is 4.84. The van der Waals surface area contributed by atoms with Crippen molar-refractivity contribution in [2.45, 2.75) is 18.9 Å². The zero-order valence-electron chi connectivity index (χ0n) is 12.3. The van der Waals surface area contributed by atoms with Crippen molar-refractivity contribution in [3.05, 3.63) is 81.7 Å². The zero-order chi connectivity index (χ0) is 15.8. The van der Waals surface area contributed by atoms with Gasteiger partial charge in [-0.25, -0.2) is 0 Å². The maximum absolute atomic E-state index is 11.2. The van der Waals surface area contributed by atoms with Crippen molar-refractivity contribution in [3.63, 3.8) is 0 Å². The van der Waals surface area contributed by atoms with Crippen molar-refractivity contribution in [2.75, 3.05) is 7.11 Å². The lowest BCUT2D eigenvalue weighted by Crippen LogP contribution is -2.03. The molecule has 2 aromatic rings. The van der Waals surface area contributed by atoms with Gasteiger partial charge in [-0.2, -0.15) is 0 Å². The van der Waals surface area contributed by atoms with Gasteiger partial charge in [-0.05, 0) is 28.6 Å². The molecule has 2 aromatic carbocycles. The highest BCUT2D eigenvalue weighted by molar-refractivity contribution is 5.69. The number of hydrogen-bond donors (Lipinski definition) is 0. The summed E-state index contributed by atoms with van der Waals surface area (Å²) in [6, 6.07) is 17.0. The van der Waals surface area contributed by atoms with Crippen LogP contribution in [0.4, 0.5) is 0 Å². The number of ether oxygens (including phenoxy) is 1. The van der Waals surface area contributed by atoms with E-state index in [-0.39, 0.29) is 12.0 Å². The molecule has 0 aromatic heterocycles. The maximum Gasteiger partial charge on any atom is 0.305 e. The number of benzene rings is 2. The number of hydrogen-bond acceptors (Lipinski definition) is 3. The Morgan fingerprint density at radius 1 is 1.18 bits per heavy atom. The van der Waals surface area contributed by atoms with E-state index in [9.17, 15) is 4.79 Å². The van der Waals surface area contributed by atoms with E-state index in [1.54, 1.807) is 0 Å². The lowest BCUT2D eigenvalue weighted by atomic mass is 9.97. The van der Waals surface area contributed by atoms with Gasteiger partial charge in [0.15, 0.2) is 0 Å². The van der Waals surface area contributed by atoms with Crippen molar-refractivity contribution in [3.8, 4) is 0 Å². The molecule has 5 nitrogen and oxygen atoms in total. The average Bonchev–Trinajstić information content (AvgIpc) is 2.58. The highest BCUT2D eigenvalue weighted by atomic mass is 16.5. The van der Waals surface area contributed by atoms with Gasteiger partial charge in [0.25, 0.3) is 0 Å². The zero-order valence-corrected chi connectivity index (χ0v) is 12.3. The summed E-state index contributed by atoms with van der Waals surface area (Å²) in [5.74, 6) is -0.236. The predicted molar refractivity (Wildman–Crippen MR) is 84.2 cm³/mol. The second kappa shape index (κ2) is 7.86. The van der Waals surface area contributed by atoms with Gasteiger partial charge < -0.3 is 4.74 Å². The lowest BCUT2D eigenvalue weighted by Gasteiger charge is -2.13. The molecule has 0 aliphatic rings. The smallest absolute Gasteiger partial charge is 0.305 e. The van der Waals surface area contributed by atoms with Crippen LogP contribution in [0.15, 0.2) is 59.7 Å². The number of esters is 1. The van der Waals surface area contributed by atoms with Gasteiger partial charge in [0.2, 0.25) is 0 Å². The molecule has 0 bridgehead atoms. The number of azide groups is 1. The van der Waals surface area contributed by atoms with Crippen LogP contribution < -0.4 is 0 Å². The van der Waals surface area contributed by atoms with Gasteiger partial charge >= 0.3 is 5.97 Å². The fourth-order valence-electron chi connectivity index (χ4n) is 2.28.